The molecule has 1 heterocycles. The van der Waals surface area contributed by atoms with Crippen LogP contribution in [-0.2, 0) is 10.3 Å². The highest BCUT2D eigenvalue weighted by Crippen LogP contribution is 2.49. The molecule has 0 unspecified atom stereocenters. The molecule has 2 rings (SSSR count). The molecule has 0 aromatic heterocycles. The third-order valence-electron chi connectivity index (χ3n) is 2.50. The van der Waals surface area contributed by atoms with Gasteiger partial charge < -0.3 is 5.32 Å². The van der Waals surface area contributed by atoms with Crippen LogP contribution in [0.15, 0.2) is 29.4 Å². The molecule has 1 N–H and O–H groups in total. The predicted molar refractivity (Wildman–Crippen MR) is 52.0 cm³/mol. The van der Waals surface area contributed by atoms with E-state index in [2.05, 4.69) is 15.3 Å². The van der Waals surface area contributed by atoms with E-state index in [-0.39, 0.29) is 11.3 Å². The molecule has 1 aromatic carbocycles. The summed E-state index contributed by atoms with van der Waals surface area (Å²) >= 11 is 0. The Balaban J connectivity index is 2.77. The molecule has 0 spiro atoms. The normalized spacial score (nSPS) is 22.6. The Morgan fingerprint density at radius 2 is 2.00 bits per heavy atom. The van der Waals surface area contributed by atoms with Crippen molar-refractivity contribution in [1.29, 1.82) is 0 Å². The van der Waals surface area contributed by atoms with Gasteiger partial charge in [0.15, 0.2) is 0 Å². The number of nitrogens with one attached hydrogen (secondary N) is 1. The van der Waals surface area contributed by atoms with Crippen LogP contribution >= 0.6 is 0 Å². The second-order valence-electron chi connectivity index (χ2n) is 3.40. The first-order chi connectivity index (χ1) is 7.93. The summed E-state index contributed by atoms with van der Waals surface area (Å²) in [5, 5.41) is 4.75. The molecule has 8 heteroatoms. The zero-order valence-electron chi connectivity index (χ0n) is 8.19. The average molecular weight is 242 g/mol. The topological polar surface area (TPSA) is 77.9 Å². The van der Waals surface area contributed by atoms with Gasteiger partial charge in [0, 0.05) is 16.2 Å². The number of azide groups is 1. The number of carbonyl (C=O) groups excluding carboxylic acids is 1. The van der Waals surface area contributed by atoms with Gasteiger partial charge in [-0.1, -0.05) is 23.3 Å². The SMILES string of the molecule is [N-]=[N+]=N[C@]1(C(F)(F)F)C(=O)Nc2ccccc21. The van der Waals surface area contributed by atoms with Crippen LogP contribution in [0.5, 0.6) is 0 Å². The van der Waals surface area contributed by atoms with E-state index in [0.29, 0.717) is 0 Å². The van der Waals surface area contributed by atoms with Gasteiger partial charge in [0.25, 0.3) is 5.91 Å². The number of hydrogen-bond donors (Lipinski definition) is 1. The molecule has 0 aliphatic carbocycles. The number of fused-ring (bicyclic) bond motifs is 1. The Morgan fingerprint density at radius 3 is 2.59 bits per heavy atom. The molecule has 1 aromatic rings. The predicted octanol–water partition coefficient (Wildman–Crippen LogP) is 2.71. The molecule has 0 fully saturated rings. The maximum Gasteiger partial charge on any atom is 0.413 e. The third kappa shape index (κ3) is 1.34. The third-order valence-corrected chi connectivity index (χ3v) is 2.50. The van der Waals surface area contributed by atoms with Crippen LogP contribution in [0.3, 0.4) is 0 Å². The molecular weight excluding hydrogens is 237 g/mol. The molecule has 1 aliphatic heterocycles. The number of hydrogen-bond acceptors (Lipinski definition) is 2. The summed E-state index contributed by atoms with van der Waals surface area (Å²) < 4.78 is 39.0. The van der Waals surface area contributed by atoms with Crippen molar-refractivity contribution in [2.75, 3.05) is 5.32 Å². The summed E-state index contributed by atoms with van der Waals surface area (Å²) in [7, 11) is 0. The Hall–Kier alpha value is -2.21. The van der Waals surface area contributed by atoms with Crippen molar-refractivity contribution in [2.45, 2.75) is 11.7 Å². The number of halogens is 3. The number of anilines is 1. The van der Waals surface area contributed by atoms with Crippen LogP contribution in [-0.4, -0.2) is 12.1 Å². The van der Waals surface area contributed by atoms with Gasteiger partial charge in [-0.05, 0) is 11.6 Å². The summed E-state index contributed by atoms with van der Waals surface area (Å²) in [5.74, 6) is -1.39. The number of nitrogens with zero attached hydrogens (tertiary/aromatic N) is 3. The number of benzene rings is 1. The van der Waals surface area contributed by atoms with Gasteiger partial charge in [-0.15, -0.1) is 0 Å². The van der Waals surface area contributed by atoms with Gasteiger partial charge in [0.05, 0.1) is 0 Å². The van der Waals surface area contributed by atoms with Crippen LogP contribution in [0.2, 0.25) is 0 Å². The highest BCUT2D eigenvalue weighted by molar-refractivity contribution is 6.06. The molecule has 0 radical (unpaired) electrons. The fourth-order valence-electron chi connectivity index (χ4n) is 1.75. The Labute approximate surface area is 92.9 Å². The van der Waals surface area contributed by atoms with Crippen molar-refractivity contribution in [2.24, 2.45) is 5.11 Å². The largest absolute Gasteiger partial charge is 0.413 e. The van der Waals surface area contributed by atoms with E-state index in [1.54, 1.807) is 0 Å². The van der Waals surface area contributed by atoms with Gasteiger partial charge in [-0.25, -0.2) is 0 Å². The van der Waals surface area contributed by atoms with Crippen LogP contribution in [0, 0.1) is 0 Å². The summed E-state index contributed by atoms with van der Waals surface area (Å²) in [4.78, 5) is 13.6. The van der Waals surface area contributed by atoms with Crippen molar-refractivity contribution in [3.05, 3.63) is 40.3 Å². The molecule has 1 aliphatic rings. The minimum absolute atomic E-state index is 0.00206. The van der Waals surface area contributed by atoms with E-state index >= 15 is 0 Å². The van der Waals surface area contributed by atoms with Crippen LogP contribution in [0.1, 0.15) is 5.56 Å². The highest BCUT2D eigenvalue weighted by atomic mass is 19.4. The molecule has 5 nitrogen and oxygen atoms in total. The number of alkyl halides is 3. The van der Waals surface area contributed by atoms with Crippen LogP contribution in [0.4, 0.5) is 18.9 Å². The van der Waals surface area contributed by atoms with Crippen LogP contribution < -0.4 is 5.32 Å². The number of amides is 1. The van der Waals surface area contributed by atoms with E-state index in [0.717, 1.165) is 6.07 Å². The lowest BCUT2D eigenvalue weighted by Gasteiger charge is -2.24. The first-order valence-corrected chi connectivity index (χ1v) is 4.47. The van der Waals surface area contributed by atoms with Crippen molar-refractivity contribution in [3.8, 4) is 0 Å². The molecule has 17 heavy (non-hydrogen) atoms. The maximum absolute atomic E-state index is 13.0. The first kappa shape index (κ1) is 11.3. The van der Waals surface area contributed by atoms with Gasteiger partial charge in [-0.2, -0.15) is 13.2 Å². The quantitative estimate of drug-likeness (QED) is 0.458. The molecule has 0 saturated heterocycles. The molecular formula is C9H5F3N4O. The van der Waals surface area contributed by atoms with Crippen LogP contribution in [0.25, 0.3) is 10.4 Å². The van der Waals surface area contributed by atoms with Gasteiger partial charge in [0.2, 0.25) is 5.54 Å². The maximum atomic E-state index is 13.0. The minimum atomic E-state index is -4.99. The molecule has 1 atom stereocenters. The van der Waals surface area contributed by atoms with E-state index in [9.17, 15) is 18.0 Å². The van der Waals surface area contributed by atoms with E-state index in [1.165, 1.54) is 18.2 Å². The second-order valence-corrected chi connectivity index (χ2v) is 3.40. The van der Waals surface area contributed by atoms with Gasteiger partial charge in [0.1, 0.15) is 0 Å². The van der Waals surface area contributed by atoms with Crippen molar-refractivity contribution >= 4 is 11.6 Å². The van der Waals surface area contributed by atoms with E-state index < -0.39 is 17.6 Å². The second kappa shape index (κ2) is 3.39. The zero-order chi connectivity index (χ0) is 12.7. The number of para-hydroxylation sites is 1. The van der Waals surface area contributed by atoms with Crippen molar-refractivity contribution < 1.29 is 18.0 Å². The Bertz CT molecular complexity index is 535. The highest BCUT2D eigenvalue weighted by Gasteiger charge is 2.65. The number of rotatable bonds is 1. The summed E-state index contributed by atoms with van der Waals surface area (Å²) in [6.07, 6.45) is -4.99. The molecule has 1 amide bonds. The Kier molecular flexibility index (Phi) is 2.25. The average Bonchev–Trinajstić information content (AvgIpc) is 2.53. The first-order valence-electron chi connectivity index (χ1n) is 4.47. The lowest BCUT2D eigenvalue weighted by atomic mass is 9.92. The van der Waals surface area contributed by atoms with Crippen molar-refractivity contribution in [3.63, 3.8) is 0 Å². The standard InChI is InChI=1S/C9H5F3N4O/c10-9(11,12)8(15-16-13)5-3-1-2-4-6(5)14-7(8)17/h1-4H,(H,14,17)/t8-/m0/s1. The van der Waals surface area contributed by atoms with Crippen molar-refractivity contribution in [1.82, 2.24) is 0 Å². The van der Waals surface area contributed by atoms with Gasteiger partial charge >= 0.3 is 6.18 Å². The fraction of sp³-hybridized carbons (Fsp3) is 0.222. The van der Waals surface area contributed by atoms with Gasteiger partial charge in [-0.3, -0.25) is 4.79 Å². The summed E-state index contributed by atoms with van der Waals surface area (Å²) in [6, 6.07) is 5.23. The smallest absolute Gasteiger partial charge is 0.325 e. The zero-order valence-corrected chi connectivity index (χ0v) is 8.19. The lowest BCUT2D eigenvalue weighted by Crippen LogP contribution is -2.46. The van der Waals surface area contributed by atoms with E-state index in [4.69, 9.17) is 5.53 Å². The summed E-state index contributed by atoms with van der Waals surface area (Å²) in [5.41, 5.74) is 4.73. The molecule has 0 bridgehead atoms. The number of carbonyl (C=O) groups is 1. The monoisotopic (exact) mass is 242 g/mol. The Morgan fingerprint density at radius 1 is 1.35 bits per heavy atom. The minimum Gasteiger partial charge on any atom is -0.325 e. The molecule has 88 valence electrons. The van der Waals surface area contributed by atoms with E-state index in [1.807, 2.05) is 0 Å². The fourth-order valence-corrected chi connectivity index (χ4v) is 1.75. The molecule has 0 saturated carbocycles. The lowest BCUT2D eigenvalue weighted by molar-refractivity contribution is -0.189. The summed E-state index contributed by atoms with van der Waals surface area (Å²) in [6.45, 7) is 0.